The van der Waals surface area contributed by atoms with Crippen LogP contribution in [0.1, 0.15) is 40.0 Å². The second kappa shape index (κ2) is 8.98. The number of nitrogens with zero attached hydrogens (tertiary/aromatic N) is 1. The van der Waals surface area contributed by atoms with Gasteiger partial charge in [0.15, 0.2) is 0 Å². The Balaban J connectivity index is 3.83. The van der Waals surface area contributed by atoms with E-state index in [4.69, 9.17) is 5.73 Å². The highest BCUT2D eigenvalue weighted by Gasteiger charge is 2.13. The Morgan fingerprint density at radius 3 is 2.29 bits per heavy atom. The van der Waals surface area contributed by atoms with Gasteiger partial charge in [-0.3, -0.25) is 9.59 Å². The second-order valence-corrected chi connectivity index (χ2v) is 4.00. The van der Waals surface area contributed by atoms with Gasteiger partial charge in [-0.1, -0.05) is 13.3 Å². The van der Waals surface area contributed by atoms with Gasteiger partial charge in [-0.15, -0.1) is 0 Å². The molecule has 100 valence electrons. The van der Waals surface area contributed by atoms with Gasteiger partial charge in [-0.25, -0.2) is 0 Å². The van der Waals surface area contributed by atoms with E-state index in [0.717, 1.165) is 6.42 Å². The molecule has 17 heavy (non-hydrogen) atoms. The smallest absolute Gasteiger partial charge is 0.236 e. The summed E-state index contributed by atoms with van der Waals surface area (Å²) in [5.41, 5.74) is 5.65. The lowest BCUT2D eigenvalue weighted by Crippen LogP contribution is -2.42. The Hall–Kier alpha value is -1.10. The van der Waals surface area contributed by atoms with Gasteiger partial charge in [0.05, 0.1) is 6.04 Å². The van der Waals surface area contributed by atoms with E-state index in [1.54, 1.807) is 4.90 Å². The van der Waals surface area contributed by atoms with Crippen LogP contribution < -0.4 is 11.1 Å². The zero-order chi connectivity index (χ0) is 13.3. The number of hydrogen-bond acceptors (Lipinski definition) is 3. The minimum Gasteiger partial charge on any atom is -0.354 e. The van der Waals surface area contributed by atoms with E-state index in [1.807, 2.05) is 20.8 Å². The predicted octanol–water partition coefficient (Wildman–Crippen LogP) is 0.489. The quantitative estimate of drug-likeness (QED) is 0.651. The van der Waals surface area contributed by atoms with Gasteiger partial charge in [0.1, 0.15) is 0 Å². The van der Waals surface area contributed by atoms with Gasteiger partial charge in [-0.05, 0) is 20.3 Å². The molecule has 0 unspecified atom stereocenters. The Labute approximate surface area is 104 Å². The molecule has 0 aromatic rings. The predicted molar refractivity (Wildman–Crippen MR) is 68.4 cm³/mol. The summed E-state index contributed by atoms with van der Waals surface area (Å²) in [6.45, 7) is 7.65. The first-order chi connectivity index (χ1) is 8.06. The highest BCUT2D eigenvalue weighted by Crippen LogP contribution is 1.95. The molecular weight excluding hydrogens is 218 g/mol. The fraction of sp³-hybridized carbons (Fsp3) is 0.833. The minimum absolute atomic E-state index is 0.0689. The third-order valence-electron chi connectivity index (χ3n) is 2.69. The van der Waals surface area contributed by atoms with Crippen molar-refractivity contribution in [3.05, 3.63) is 0 Å². The van der Waals surface area contributed by atoms with Gasteiger partial charge in [-0.2, -0.15) is 0 Å². The molecule has 0 radical (unpaired) electrons. The molecule has 0 saturated carbocycles. The summed E-state index contributed by atoms with van der Waals surface area (Å²) in [7, 11) is 0. The first-order valence-corrected chi connectivity index (χ1v) is 6.37. The molecule has 0 spiro atoms. The summed E-state index contributed by atoms with van der Waals surface area (Å²) in [5, 5.41) is 2.69. The van der Waals surface area contributed by atoms with Gasteiger partial charge in [0, 0.05) is 26.1 Å². The molecule has 0 aliphatic rings. The van der Waals surface area contributed by atoms with Crippen molar-refractivity contribution in [2.75, 3.05) is 19.6 Å². The van der Waals surface area contributed by atoms with Crippen molar-refractivity contribution >= 4 is 11.8 Å². The van der Waals surface area contributed by atoms with Crippen LogP contribution in [0.3, 0.4) is 0 Å². The monoisotopic (exact) mass is 243 g/mol. The summed E-state index contributed by atoms with van der Waals surface area (Å²) < 4.78 is 0. The van der Waals surface area contributed by atoms with E-state index in [2.05, 4.69) is 5.32 Å². The van der Waals surface area contributed by atoms with Gasteiger partial charge in [0.25, 0.3) is 0 Å². The van der Waals surface area contributed by atoms with Crippen LogP contribution in [0.25, 0.3) is 0 Å². The van der Waals surface area contributed by atoms with Crippen LogP contribution in [0, 0.1) is 0 Å². The maximum absolute atomic E-state index is 11.6. The topological polar surface area (TPSA) is 75.4 Å². The molecule has 2 amide bonds. The number of carbonyl (C=O) groups excluding carboxylic acids is 2. The molecule has 5 nitrogen and oxygen atoms in total. The van der Waals surface area contributed by atoms with E-state index in [-0.39, 0.29) is 11.8 Å². The Bertz CT molecular complexity index is 240. The number of nitrogens with two attached hydrogens (primary N) is 1. The molecule has 1 atom stereocenters. The number of hydrogen-bond donors (Lipinski definition) is 2. The summed E-state index contributed by atoms with van der Waals surface area (Å²) in [4.78, 5) is 24.8. The van der Waals surface area contributed by atoms with Crippen molar-refractivity contribution in [3.8, 4) is 0 Å². The van der Waals surface area contributed by atoms with Crippen LogP contribution in [0.5, 0.6) is 0 Å². The number of amides is 2. The van der Waals surface area contributed by atoms with Crippen molar-refractivity contribution in [2.45, 2.75) is 46.1 Å². The zero-order valence-corrected chi connectivity index (χ0v) is 11.2. The highest BCUT2D eigenvalue weighted by atomic mass is 16.2. The van der Waals surface area contributed by atoms with Gasteiger partial charge < -0.3 is 16.0 Å². The van der Waals surface area contributed by atoms with Crippen LogP contribution in [0.15, 0.2) is 0 Å². The summed E-state index contributed by atoms with van der Waals surface area (Å²) >= 11 is 0. The van der Waals surface area contributed by atoms with Crippen molar-refractivity contribution < 1.29 is 9.59 Å². The summed E-state index contributed by atoms with van der Waals surface area (Å²) in [6, 6.07) is -0.455. The zero-order valence-electron chi connectivity index (χ0n) is 11.2. The van der Waals surface area contributed by atoms with Crippen molar-refractivity contribution in [2.24, 2.45) is 5.73 Å². The number of carbonyl (C=O) groups is 2. The molecular formula is C12H25N3O2. The van der Waals surface area contributed by atoms with Crippen LogP contribution in [0.4, 0.5) is 0 Å². The molecule has 0 fully saturated rings. The fourth-order valence-corrected chi connectivity index (χ4v) is 1.60. The van der Waals surface area contributed by atoms with E-state index in [1.165, 1.54) is 0 Å². The average Bonchev–Trinajstić information content (AvgIpc) is 2.30. The molecule has 0 aromatic carbocycles. The molecule has 0 aliphatic heterocycles. The standard InChI is InChI=1S/C12H25N3O2/c1-4-7-10(13)12(17)14-9-8-11(16)15(5-2)6-3/h10H,4-9,13H2,1-3H3,(H,14,17)/t10-/m0/s1. The molecule has 0 saturated heterocycles. The van der Waals surface area contributed by atoms with E-state index >= 15 is 0 Å². The normalized spacial score (nSPS) is 12.0. The van der Waals surface area contributed by atoms with E-state index in [0.29, 0.717) is 32.5 Å². The first kappa shape index (κ1) is 15.9. The highest BCUT2D eigenvalue weighted by molar-refractivity contribution is 5.82. The largest absolute Gasteiger partial charge is 0.354 e. The van der Waals surface area contributed by atoms with Crippen molar-refractivity contribution in [3.63, 3.8) is 0 Å². The third kappa shape index (κ3) is 6.26. The fourth-order valence-electron chi connectivity index (χ4n) is 1.60. The van der Waals surface area contributed by atoms with Crippen molar-refractivity contribution in [1.82, 2.24) is 10.2 Å². The molecule has 0 heterocycles. The SMILES string of the molecule is CCC[C@H](N)C(=O)NCCC(=O)N(CC)CC. The van der Waals surface area contributed by atoms with E-state index in [9.17, 15) is 9.59 Å². The molecule has 5 heteroatoms. The lowest BCUT2D eigenvalue weighted by molar-refractivity contribution is -0.130. The maximum Gasteiger partial charge on any atom is 0.236 e. The van der Waals surface area contributed by atoms with Crippen LogP contribution in [0.2, 0.25) is 0 Å². The summed E-state index contributed by atoms with van der Waals surface area (Å²) in [6.07, 6.45) is 1.90. The van der Waals surface area contributed by atoms with Crippen LogP contribution in [-0.2, 0) is 9.59 Å². The van der Waals surface area contributed by atoms with Gasteiger partial charge in [0.2, 0.25) is 11.8 Å². The molecule has 0 aliphatic carbocycles. The van der Waals surface area contributed by atoms with Gasteiger partial charge >= 0.3 is 0 Å². The van der Waals surface area contributed by atoms with Crippen LogP contribution >= 0.6 is 0 Å². The van der Waals surface area contributed by atoms with Crippen LogP contribution in [-0.4, -0.2) is 42.4 Å². The Kier molecular flexibility index (Phi) is 8.40. The average molecular weight is 243 g/mol. The Morgan fingerprint density at radius 2 is 1.82 bits per heavy atom. The minimum atomic E-state index is -0.455. The number of nitrogens with one attached hydrogen (secondary N) is 1. The molecule has 0 bridgehead atoms. The number of rotatable bonds is 8. The lowest BCUT2D eigenvalue weighted by Gasteiger charge is -2.19. The van der Waals surface area contributed by atoms with E-state index < -0.39 is 6.04 Å². The van der Waals surface area contributed by atoms with Crippen molar-refractivity contribution in [1.29, 1.82) is 0 Å². The molecule has 0 rings (SSSR count). The molecule has 0 aromatic heterocycles. The summed E-state index contributed by atoms with van der Waals surface area (Å²) in [5.74, 6) is -0.0986. The molecule has 3 N–H and O–H groups in total. The lowest BCUT2D eigenvalue weighted by atomic mass is 10.1. The Morgan fingerprint density at radius 1 is 1.24 bits per heavy atom. The third-order valence-corrected chi connectivity index (χ3v) is 2.69. The first-order valence-electron chi connectivity index (χ1n) is 6.37. The maximum atomic E-state index is 11.6. The second-order valence-electron chi connectivity index (χ2n) is 4.00.